The molecule has 1 N–H and O–H groups in total. The van der Waals surface area contributed by atoms with Crippen LogP contribution in [0.5, 0.6) is 5.75 Å². The van der Waals surface area contributed by atoms with Crippen LogP contribution in [0.1, 0.15) is 18.4 Å². The van der Waals surface area contributed by atoms with Gasteiger partial charge in [0.25, 0.3) is 0 Å². The highest BCUT2D eigenvalue weighted by Gasteiger charge is 2.32. The Morgan fingerprint density at radius 3 is 2.62 bits per heavy atom. The van der Waals surface area contributed by atoms with E-state index in [1.54, 1.807) is 31.1 Å². The summed E-state index contributed by atoms with van der Waals surface area (Å²) in [6.07, 6.45) is 2.27. The molecule has 0 aliphatic carbocycles. The summed E-state index contributed by atoms with van der Waals surface area (Å²) >= 11 is 0. The van der Waals surface area contributed by atoms with Crippen LogP contribution in [0.4, 0.5) is 8.78 Å². The third-order valence-corrected chi connectivity index (χ3v) is 4.32. The molecule has 1 unspecified atom stereocenters. The maximum Gasteiger partial charge on any atom is 0.387 e. The SMILES string of the molecule is CN(C)C(=O)C1CCCN1CC(=O)NCCc1ccc(OC(F)F)cc1. The lowest BCUT2D eigenvalue weighted by Gasteiger charge is -2.25. The lowest BCUT2D eigenvalue weighted by molar-refractivity contribution is -0.134. The molecule has 1 saturated heterocycles. The molecule has 0 bridgehead atoms. The van der Waals surface area contributed by atoms with Crippen LogP contribution in [-0.4, -0.2) is 68.0 Å². The van der Waals surface area contributed by atoms with Crippen molar-refractivity contribution in [2.24, 2.45) is 0 Å². The quantitative estimate of drug-likeness (QED) is 0.754. The van der Waals surface area contributed by atoms with Crippen LogP contribution in [0.3, 0.4) is 0 Å². The van der Waals surface area contributed by atoms with Gasteiger partial charge in [0.15, 0.2) is 0 Å². The molecule has 1 aliphatic heterocycles. The molecule has 1 aromatic carbocycles. The second-order valence-electron chi connectivity index (χ2n) is 6.48. The summed E-state index contributed by atoms with van der Waals surface area (Å²) < 4.78 is 28.5. The average molecular weight is 369 g/mol. The molecule has 0 radical (unpaired) electrons. The molecule has 1 fully saturated rings. The summed E-state index contributed by atoms with van der Waals surface area (Å²) in [5.41, 5.74) is 0.911. The Balaban J connectivity index is 1.74. The third-order valence-electron chi connectivity index (χ3n) is 4.32. The summed E-state index contributed by atoms with van der Waals surface area (Å²) in [6, 6.07) is 6.11. The van der Waals surface area contributed by atoms with Crippen LogP contribution in [0.2, 0.25) is 0 Å². The standard InChI is InChI=1S/C18H25F2N3O3/c1-22(2)17(25)15-4-3-11-23(15)12-16(24)21-10-9-13-5-7-14(8-6-13)26-18(19)20/h5-8,15,18H,3-4,9-12H2,1-2H3,(H,21,24). The van der Waals surface area contributed by atoms with E-state index in [2.05, 4.69) is 10.1 Å². The van der Waals surface area contributed by atoms with Crippen molar-refractivity contribution < 1.29 is 23.1 Å². The number of alkyl halides is 2. The van der Waals surface area contributed by atoms with E-state index in [0.717, 1.165) is 24.9 Å². The normalized spacial score (nSPS) is 17.3. The molecule has 6 nitrogen and oxygen atoms in total. The first-order valence-corrected chi connectivity index (χ1v) is 8.62. The number of nitrogens with one attached hydrogen (secondary N) is 1. The van der Waals surface area contributed by atoms with Crippen molar-refractivity contribution in [1.82, 2.24) is 15.1 Å². The Hall–Kier alpha value is -2.22. The van der Waals surface area contributed by atoms with Gasteiger partial charge in [-0.15, -0.1) is 0 Å². The summed E-state index contributed by atoms with van der Waals surface area (Å²) in [5.74, 6) is 0.0148. The van der Waals surface area contributed by atoms with Gasteiger partial charge in [0.05, 0.1) is 12.6 Å². The topological polar surface area (TPSA) is 61.9 Å². The Labute approximate surface area is 152 Å². The molecule has 1 aliphatic rings. The predicted molar refractivity (Wildman–Crippen MR) is 93.1 cm³/mol. The Morgan fingerprint density at radius 1 is 1.31 bits per heavy atom. The lowest BCUT2D eigenvalue weighted by atomic mass is 10.1. The molecule has 1 atom stereocenters. The first-order valence-electron chi connectivity index (χ1n) is 8.62. The van der Waals surface area contributed by atoms with Crippen LogP contribution in [0.25, 0.3) is 0 Å². The van der Waals surface area contributed by atoms with Crippen molar-refractivity contribution in [2.45, 2.75) is 31.9 Å². The number of likely N-dealkylation sites (N-methyl/N-ethyl adjacent to an activating group) is 1. The van der Waals surface area contributed by atoms with E-state index < -0.39 is 6.61 Å². The van der Waals surface area contributed by atoms with E-state index in [4.69, 9.17) is 0 Å². The van der Waals surface area contributed by atoms with Gasteiger partial charge in [0, 0.05) is 20.6 Å². The zero-order valence-electron chi connectivity index (χ0n) is 15.1. The fraction of sp³-hybridized carbons (Fsp3) is 0.556. The molecule has 0 saturated carbocycles. The molecular formula is C18H25F2N3O3. The van der Waals surface area contributed by atoms with Crippen LogP contribution >= 0.6 is 0 Å². The minimum absolute atomic E-state index is 0.0291. The largest absolute Gasteiger partial charge is 0.435 e. The first-order chi connectivity index (χ1) is 12.4. The number of hydrogen-bond donors (Lipinski definition) is 1. The molecule has 0 spiro atoms. The van der Waals surface area contributed by atoms with E-state index in [-0.39, 0.29) is 30.2 Å². The zero-order valence-corrected chi connectivity index (χ0v) is 15.1. The summed E-state index contributed by atoms with van der Waals surface area (Å²) in [6.45, 7) is -1.46. The number of hydrogen-bond acceptors (Lipinski definition) is 4. The molecule has 26 heavy (non-hydrogen) atoms. The highest BCUT2D eigenvalue weighted by Crippen LogP contribution is 2.18. The van der Waals surface area contributed by atoms with Crippen molar-refractivity contribution >= 4 is 11.8 Å². The van der Waals surface area contributed by atoms with Crippen molar-refractivity contribution in [2.75, 3.05) is 33.7 Å². The predicted octanol–water partition coefficient (Wildman–Crippen LogP) is 1.50. The average Bonchev–Trinajstić information content (AvgIpc) is 3.03. The third kappa shape index (κ3) is 5.94. The second kappa shape index (κ2) is 9.47. The van der Waals surface area contributed by atoms with E-state index in [9.17, 15) is 18.4 Å². The molecule has 8 heteroatoms. The summed E-state index contributed by atoms with van der Waals surface area (Å²) in [4.78, 5) is 27.7. The van der Waals surface area contributed by atoms with Gasteiger partial charge in [-0.3, -0.25) is 14.5 Å². The number of rotatable bonds is 8. The number of benzene rings is 1. The van der Waals surface area contributed by atoms with Gasteiger partial charge in [0.1, 0.15) is 5.75 Å². The first kappa shape index (κ1) is 20.1. The zero-order chi connectivity index (χ0) is 19.1. The fourth-order valence-corrected chi connectivity index (χ4v) is 3.02. The molecule has 2 amide bonds. The minimum atomic E-state index is -2.84. The number of ether oxygens (including phenoxy) is 1. The monoisotopic (exact) mass is 369 g/mol. The Morgan fingerprint density at radius 2 is 2.00 bits per heavy atom. The summed E-state index contributed by atoms with van der Waals surface area (Å²) in [7, 11) is 3.44. The van der Waals surface area contributed by atoms with Gasteiger partial charge in [0.2, 0.25) is 11.8 Å². The number of carbonyl (C=O) groups is 2. The second-order valence-corrected chi connectivity index (χ2v) is 6.48. The van der Waals surface area contributed by atoms with Crippen LogP contribution in [0, 0.1) is 0 Å². The highest BCUT2D eigenvalue weighted by atomic mass is 19.3. The van der Waals surface area contributed by atoms with Crippen molar-refractivity contribution in [3.8, 4) is 5.75 Å². The van der Waals surface area contributed by atoms with E-state index in [0.29, 0.717) is 13.0 Å². The highest BCUT2D eigenvalue weighted by molar-refractivity contribution is 5.83. The summed E-state index contributed by atoms with van der Waals surface area (Å²) in [5, 5.41) is 2.84. The molecule has 1 aromatic rings. The maximum absolute atomic E-state index is 12.1. The molecule has 1 heterocycles. The number of halogens is 2. The van der Waals surface area contributed by atoms with E-state index >= 15 is 0 Å². The van der Waals surface area contributed by atoms with Gasteiger partial charge >= 0.3 is 6.61 Å². The minimum Gasteiger partial charge on any atom is -0.435 e. The van der Waals surface area contributed by atoms with Crippen molar-refractivity contribution in [3.05, 3.63) is 29.8 Å². The van der Waals surface area contributed by atoms with Gasteiger partial charge < -0.3 is 15.0 Å². The number of carbonyl (C=O) groups excluding carboxylic acids is 2. The van der Waals surface area contributed by atoms with Crippen LogP contribution < -0.4 is 10.1 Å². The van der Waals surface area contributed by atoms with Gasteiger partial charge in [-0.2, -0.15) is 8.78 Å². The fourth-order valence-electron chi connectivity index (χ4n) is 3.02. The molecule has 2 rings (SSSR count). The molecular weight excluding hydrogens is 344 g/mol. The lowest BCUT2D eigenvalue weighted by Crippen LogP contribution is -2.46. The Kier molecular flexibility index (Phi) is 7.32. The van der Waals surface area contributed by atoms with Gasteiger partial charge in [-0.25, -0.2) is 0 Å². The van der Waals surface area contributed by atoms with Crippen LogP contribution in [0.15, 0.2) is 24.3 Å². The van der Waals surface area contributed by atoms with Gasteiger partial charge in [-0.1, -0.05) is 12.1 Å². The molecule has 144 valence electrons. The molecule has 0 aromatic heterocycles. The van der Waals surface area contributed by atoms with Crippen molar-refractivity contribution in [1.29, 1.82) is 0 Å². The number of likely N-dealkylation sites (tertiary alicyclic amines) is 1. The van der Waals surface area contributed by atoms with Crippen molar-refractivity contribution in [3.63, 3.8) is 0 Å². The van der Waals surface area contributed by atoms with E-state index in [1.807, 2.05) is 4.90 Å². The smallest absolute Gasteiger partial charge is 0.387 e. The van der Waals surface area contributed by atoms with Gasteiger partial charge in [-0.05, 0) is 43.5 Å². The number of amides is 2. The van der Waals surface area contributed by atoms with E-state index in [1.165, 1.54) is 12.1 Å². The maximum atomic E-state index is 12.1. The Bertz CT molecular complexity index is 608. The number of nitrogens with zero attached hydrogens (tertiary/aromatic N) is 2. The van der Waals surface area contributed by atoms with Crippen LogP contribution in [-0.2, 0) is 16.0 Å².